The van der Waals surface area contributed by atoms with Crippen molar-refractivity contribution in [3.63, 3.8) is 0 Å². The van der Waals surface area contributed by atoms with Gasteiger partial charge in [-0.15, -0.1) is 0 Å². The number of carboxylic acid groups (broad SMARTS) is 1. The quantitative estimate of drug-likeness (QED) is 0.285. The van der Waals surface area contributed by atoms with Gasteiger partial charge in [0.2, 0.25) is 0 Å². The molecule has 2 aromatic carbocycles. The van der Waals surface area contributed by atoms with Gasteiger partial charge in [0.1, 0.15) is 5.75 Å². The predicted molar refractivity (Wildman–Crippen MR) is 127 cm³/mol. The minimum Gasteiger partial charge on any atom is -0.482 e. The van der Waals surface area contributed by atoms with Crippen LogP contribution >= 0.6 is 0 Å². The van der Waals surface area contributed by atoms with Gasteiger partial charge in [-0.05, 0) is 60.2 Å². The number of allylic oxidation sites excluding steroid dienone is 1. The van der Waals surface area contributed by atoms with Crippen LogP contribution in [-0.4, -0.2) is 29.3 Å². The molecule has 3 aromatic rings. The van der Waals surface area contributed by atoms with Crippen molar-refractivity contribution in [1.29, 1.82) is 0 Å². The molecule has 1 aliphatic carbocycles. The van der Waals surface area contributed by atoms with Crippen molar-refractivity contribution in [1.82, 2.24) is 10.5 Å². The van der Waals surface area contributed by atoms with Gasteiger partial charge in [0, 0.05) is 18.0 Å². The molecule has 0 aliphatic heterocycles. The highest BCUT2D eigenvalue weighted by molar-refractivity contribution is 5.79. The van der Waals surface area contributed by atoms with Crippen LogP contribution < -0.4 is 10.2 Å². The summed E-state index contributed by atoms with van der Waals surface area (Å²) in [4.78, 5) is 20.8. The van der Waals surface area contributed by atoms with E-state index in [1.54, 1.807) is 12.4 Å². The molecule has 0 bridgehead atoms. The van der Waals surface area contributed by atoms with Crippen LogP contribution in [0.3, 0.4) is 0 Å². The summed E-state index contributed by atoms with van der Waals surface area (Å²) in [7, 11) is 0. The van der Waals surface area contributed by atoms with Gasteiger partial charge in [-0.3, -0.25) is 15.3 Å². The highest BCUT2D eigenvalue weighted by Gasteiger charge is 2.17. The first-order chi connectivity index (χ1) is 16.2. The number of carbonyl (C=O) groups is 1. The molecule has 6 heteroatoms. The molecular formula is C27H26N2O4. The molecule has 1 aliphatic rings. The fraction of sp³-hybridized carbons (Fsp3) is 0.185. The van der Waals surface area contributed by atoms with E-state index in [1.807, 2.05) is 60.7 Å². The summed E-state index contributed by atoms with van der Waals surface area (Å²) < 4.78 is 5.45. The summed E-state index contributed by atoms with van der Waals surface area (Å²) in [5.41, 5.74) is 9.47. The molecular weight excluding hydrogens is 416 g/mol. The third kappa shape index (κ3) is 6.30. The Kier molecular flexibility index (Phi) is 7.51. The molecule has 1 heterocycles. The van der Waals surface area contributed by atoms with Crippen molar-refractivity contribution in [2.45, 2.75) is 19.3 Å². The number of benzene rings is 2. The minimum atomic E-state index is -0.972. The number of aliphatic carboxylic acids is 1. The van der Waals surface area contributed by atoms with Gasteiger partial charge in [-0.1, -0.05) is 54.1 Å². The molecule has 0 spiro atoms. The Morgan fingerprint density at radius 2 is 1.94 bits per heavy atom. The summed E-state index contributed by atoms with van der Waals surface area (Å²) in [6.45, 7) is 0.0979. The van der Waals surface area contributed by atoms with E-state index in [9.17, 15) is 4.79 Å². The number of fused-ring (bicyclic) bond motifs is 1. The first kappa shape index (κ1) is 22.3. The van der Waals surface area contributed by atoms with Crippen LogP contribution in [0, 0.1) is 0 Å². The molecule has 0 radical (unpaired) electrons. The second kappa shape index (κ2) is 11.1. The number of rotatable bonds is 9. The lowest BCUT2D eigenvalue weighted by Crippen LogP contribution is -2.15. The fourth-order valence-electron chi connectivity index (χ4n) is 3.82. The maximum absolute atomic E-state index is 10.8. The molecule has 0 atom stereocenters. The number of pyridine rings is 1. The molecule has 1 aromatic heterocycles. The zero-order chi connectivity index (χ0) is 22.9. The first-order valence-corrected chi connectivity index (χ1v) is 10.9. The van der Waals surface area contributed by atoms with Crippen molar-refractivity contribution >= 4 is 17.7 Å². The third-order valence-electron chi connectivity index (χ3n) is 5.42. The van der Waals surface area contributed by atoms with E-state index >= 15 is 0 Å². The number of hydrogen-bond acceptors (Lipinski definition) is 5. The van der Waals surface area contributed by atoms with E-state index < -0.39 is 5.97 Å². The molecule has 4 rings (SSSR count). The van der Waals surface area contributed by atoms with Crippen molar-refractivity contribution in [2.75, 3.05) is 13.2 Å². The SMILES string of the molecule is O=C(O)COc1cccc2c1CCC(=CCONC(=Cc1ccccc1)c1cccnc1)C2. The van der Waals surface area contributed by atoms with Crippen LogP contribution in [-0.2, 0) is 22.5 Å². The average Bonchev–Trinajstić information content (AvgIpc) is 2.85. The van der Waals surface area contributed by atoms with E-state index in [-0.39, 0.29) is 6.61 Å². The Hall–Kier alpha value is -3.90. The molecule has 0 saturated heterocycles. The standard InChI is InChI=1S/C27H26N2O4/c30-27(31)19-32-26-10-4-8-22-16-21(11-12-24(22)26)13-15-33-29-25(23-9-5-14-28-18-23)17-20-6-2-1-3-7-20/h1-10,13-14,17-18,29H,11-12,15-16,19H2,(H,30,31). The Labute approximate surface area is 193 Å². The monoisotopic (exact) mass is 442 g/mol. The van der Waals surface area contributed by atoms with E-state index in [4.69, 9.17) is 14.7 Å². The van der Waals surface area contributed by atoms with Gasteiger partial charge >= 0.3 is 5.97 Å². The number of ether oxygens (including phenoxy) is 1. The number of nitrogens with zero attached hydrogens (tertiary/aromatic N) is 1. The fourth-order valence-corrected chi connectivity index (χ4v) is 3.82. The van der Waals surface area contributed by atoms with Crippen molar-refractivity contribution < 1.29 is 19.5 Å². The molecule has 0 fully saturated rings. The number of aromatic nitrogens is 1. The average molecular weight is 443 g/mol. The molecule has 0 unspecified atom stereocenters. The lowest BCUT2D eigenvalue weighted by molar-refractivity contribution is -0.139. The van der Waals surface area contributed by atoms with Crippen LogP contribution in [0.2, 0.25) is 0 Å². The molecule has 6 nitrogen and oxygen atoms in total. The maximum Gasteiger partial charge on any atom is 0.341 e. The van der Waals surface area contributed by atoms with Gasteiger partial charge in [-0.2, -0.15) is 0 Å². The Morgan fingerprint density at radius 3 is 2.73 bits per heavy atom. The summed E-state index contributed by atoms with van der Waals surface area (Å²) in [6.07, 6.45) is 10.2. The van der Waals surface area contributed by atoms with Crippen LogP contribution in [0.4, 0.5) is 0 Å². The molecule has 2 N–H and O–H groups in total. The summed E-state index contributed by atoms with van der Waals surface area (Å²) in [5, 5.41) is 8.87. The van der Waals surface area contributed by atoms with Crippen molar-refractivity contribution in [3.8, 4) is 5.75 Å². The number of hydrogen-bond donors (Lipinski definition) is 2. The van der Waals surface area contributed by atoms with Gasteiger partial charge in [0.15, 0.2) is 6.61 Å². The van der Waals surface area contributed by atoms with E-state index in [0.29, 0.717) is 12.4 Å². The lowest BCUT2D eigenvalue weighted by atomic mass is 9.87. The molecule has 0 amide bonds. The molecule has 33 heavy (non-hydrogen) atoms. The normalized spacial score (nSPS) is 14.5. The summed E-state index contributed by atoms with van der Waals surface area (Å²) in [5.74, 6) is -0.306. The van der Waals surface area contributed by atoms with Crippen molar-refractivity contribution in [3.05, 3.63) is 107 Å². The Balaban J connectivity index is 1.38. The zero-order valence-corrected chi connectivity index (χ0v) is 18.2. The molecule has 168 valence electrons. The van der Waals surface area contributed by atoms with Gasteiger partial charge in [0.25, 0.3) is 0 Å². The minimum absolute atomic E-state index is 0.325. The Morgan fingerprint density at radius 1 is 1.06 bits per heavy atom. The van der Waals surface area contributed by atoms with E-state index in [2.05, 4.69) is 22.6 Å². The smallest absolute Gasteiger partial charge is 0.341 e. The van der Waals surface area contributed by atoms with Gasteiger partial charge < -0.3 is 9.84 Å². The van der Waals surface area contributed by atoms with E-state index in [1.165, 1.54) is 11.1 Å². The van der Waals surface area contributed by atoms with Crippen LogP contribution in [0.15, 0.2) is 84.7 Å². The largest absolute Gasteiger partial charge is 0.482 e. The number of carboxylic acids is 1. The van der Waals surface area contributed by atoms with Crippen LogP contribution in [0.1, 0.15) is 28.7 Å². The second-order valence-electron chi connectivity index (χ2n) is 7.74. The van der Waals surface area contributed by atoms with Gasteiger partial charge in [0.05, 0.1) is 12.3 Å². The molecule has 0 saturated carbocycles. The van der Waals surface area contributed by atoms with E-state index in [0.717, 1.165) is 41.6 Å². The lowest BCUT2D eigenvalue weighted by Gasteiger charge is -2.21. The third-order valence-corrected chi connectivity index (χ3v) is 5.42. The maximum atomic E-state index is 10.8. The summed E-state index contributed by atoms with van der Waals surface area (Å²) in [6, 6.07) is 19.7. The number of nitrogens with one attached hydrogen (secondary N) is 1. The van der Waals surface area contributed by atoms with Crippen LogP contribution in [0.5, 0.6) is 5.75 Å². The second-order valence-corrected chi connectivity index (χ2v) is 7.74. The summed E-state index contributed by atoms with van der Waals surface area (Å²) >= 11 is 0. The highest BCUT2D eigenvalue weighted by atomic mass is 16.6. The highest BCUT2D eigenvalue weighted by Crippen LogP contribution is 2.32. The number of hydroxylamine groups is 1. The topological polar surface area (TPSA) is 80.7 Å². The first-order valence-electron chi connectivity index (χ1n) is 10.9. The predicted octanol–water partition coefficient (Wildman–Crippen LogP) is 4.68. The Bertz CT molecular complexity index is 1140. The zero-order valence-electron chi connectivity index (χ0n) is 18.2. The van der Waals surface area contributed by atoms with Gasteiger partial charge in [-0.25, -0.2) is 4.79 Å². The van der Waals surface area contributed by atoms with Crippen LogP contribution in [0.25, 0.3) is 11.8 Å². The van der Waals surface area contributed by atoms with Crippen molar-refractivity contribution in [2.24, 2.45) is 0 Å².